The summed E-state index contributed by atoms with van der Waals surface area (Å²) >= 11 is 0. The van der Waals surface area contributed by atoms with E-state index in [1.165, 1.54) is 29.0 Å². The molecule has 8 heteroatoms. The van der Waals surface area contributed by atoms with Gasteiger partial charge in [0.25, 0.3) is 5.91 Å². The van der Waals surface area contributed by atoms with Crippen molar-refractivity contribution in [2.24, 2.45) is 5.92 Å². The number of likely N-dealkylation sites (tertiary alicyclic amines) is 1. The Morgan fingerprint density at radius 1 is 1.42 bits per heavy atom. The molecule has 0 aliphatic carbocycles. The van der Waals surface area contributed by atoms with Crippen LogP contribution in [0.25, 0.3) is 10.9 Å². The summed E-state index contributed by atoms with van der Waals surface area (Å²) in [6, 6.07) is 5.18. The minimum atomic E-state index is -1.03. The van der Waals surface area contributed by atoms with Gasteiger partial charge in [-0.15, -0.1) is 0 Å². The topological polar surface area (TPSA) is 80.2 Å². The molecule has 1 aliphatic heterocycles. The van der Waals surface area contributed by atoms with E-state index in [0.29, 0.717) is 18.5 Å². The van der Waals surface area contributed by atoms with Gasteiger partial charge in [-0.25, -0.2) is 8.78 Å². The number of carbonyl (C=O) groups is 2. The van der Waals surface area contributed by atoms with Gasteiger partial charge in [0.05, 0.1) is 12.6 Å². The molecule has 0 saturated carbocycles. The third-order valence-corrected chi connectivity index (χ3v) is 4.62. The lowest BCUT2D eigenvalue weighted by atomic mass is 10.1. The highest BCUT2D eigenvalue weighted by molar-refractivity contribution is 5.99. The molecule has 1 saturated heterocycles. The van der Waals surface area contributed by atoms with Crippen molar-refractivity contribution in [2.75, 3.05) is 20.1 Å². The number of fused-ring (bicyclic) bond motifs is 1. The fourth-order valence-electron chi connectivity index (χ4n) is 3.27. The molecule has 2 unspecified atom stereocenters. The molecule has 2 heterocycles. The fourth-order valence-corrected chi connectivity index (χ4v) is 3.27. The number of halogens is 2. The molecule has 2 amide bonds. The van der Waals surface area contributed by atoms with Gasteiger partial charge in [0.1, 0.15) is 11.7 Å². The molecule has 6 nitrogen and oxygen atoms in total. The van der Waals surface area contributed by atoms with E-state index < -0.39 is 23.6 Å². The van der Waals surface area contributed by atoms with E-state index in [1.54, 1.807) is 0 Å². The first-order chi connectivity index (χ1) is 12.3. The molecule has 2 atom stereocenters. The largest absolute Gasteiger partial charge is 0.350 e. The number of aromatic nitrogens is 1. The zero-order valence-electron chi connectivity index (χ0n) is 14.4. The highest BCUT2D eigenvalue weighted by Gasteiger charge is 2.33. The Hall–Kier alpha value is -2.95. The Bertz CT molecular complexity index is 918. The van der Waals surface area contributed by atoms with Gasteiger partial charge in [0, 0.05) is 24.5 Å². The fraction of sp³-hybridized carbons (Fsp3) is 0.389. The Kier molecular flexibility index (Phi) is 4.64. The SMILES string of the molecule is CC1CC(C#N)N(C(=O)CN(C)C(=O)c2cc3c(F)c(F)ccc3[nH]2)C1. The highest BCUT2D eigenvalue weighted by atomic mass is 19.2. The van der Waals surface area contributed by atoms with Crippen LogP contribution in [0.5, 0.6) is 0 Å². The number of nitrogens with zero attached hydrogens (tertiary/aromatic N) is 3. The first-order valence-electron chi connectivity index (χ1n) is 8.23. The van der Waals surface area contributed by atoms with Crippen LogP contribution in [0.15, 0.2) is 18.2 Å². The van der Waals surface area contributed by atoms with Crippen molar-refractivity contribution in [2.45, 2.75) is 19.4 Å². The third-order valence-electron chi connectivity index (χ3n) is 4.62. The molecule has 136 valence electrons. The van der Waals surface area contributed by atoms with Crippen molar-refractivity contribution in [3.05, 3.63) is 35.5 Å². The van der Waals surface area contributed by atoms with Crippen LogP contribution >= 0.6 is 0 Å². The number of carbonyl (C=O) groups excluding carboxylic acids is 2. The summed E-state index contributed by atoms with van der Waals surface area (Å²) in [5, 5.41) is 9.14. The zero-order chi connectivity index (χ0) is 19.0. The van der Waals surface area contributed by atoms with Gasteiger partial charge in [0.15, 0.2) is 11.6 Å². The van der Waals surface area contributed by atoms with Crippen molar-refractivity contribution in [3.8, 4) is 6.07 Å². The predicted molar refractivity (Wildman–Crippen MR) is 90.1 cm³/mol. The molecular weight excluding hydrogens is 342 g/mol. The van der Waals surface area contributed by atoms with Crippen molar-refractivity contribution >= 4 is 22.7 Å². The summed E-state index contributed by atoms with van der Waals surface area (Å²) in [5.74, 6) is -2.62. The van der Waals surface area contributed by atoms with Gasteiger partial charge in [0.2, 0.25) is 5.91 Å². The van der Waals surface area contributed by atoms with Crippen LogP contribution in [0.3, 0.4) is 0 Å². The molecular formula is C18H18F2N4O2. The lowest BCUT2D eigenvalue weighted by molar-refractivity contribution is -0.131. The van der Waals surface area contributed by atoms with Crippen LogP contribution in [0.4, 0.5) is 8.78 Å². The molecule has 1 N–H and O–H groups in total. The van der Waals surface area contributed by atoms with E-state index in [1.807, 2.05) is 6.92 Å². The second kappa shape index (κ2) is 6.75. The quantitative estimate of drug-likeness (QED) is 0.912. The molecule has 3 rings (SSSR count). The molecule has 1 aromatic carbocycles. The maximum Gasteiger partial charge on any atom is 0.270 e. The van der Waals surface area contributed by atoms with Crippen LogP contribution in [0, 0.1) is 28.9 Å². The molecule has 0 bridgehead atoms. The second-order valence-corrected chi connectivity index (χ2v) is 6.70. The standard InChI is InChI=1S/C18H18F2N4O2/c1-10-5-11(7-21)24(8-10)16(25)9-23(2)18(26)15-6-12-14(22-15)4-3-13(19)17(12)20/h3-4,6,10-11,22H,5,8-9H2,1-2H3. The molecule has 0 radical (unpaired) electrons. The highest BCUT2D eigenvalue weighted by Crippen LogP contribution is 2.23. The smallest absolute Gasteiger partial charge is 0.270 e. The number of rotatable bonds is 3. The van der Waals surface area contributed by atoms with Gasteiger partial charge in [-0.3, -0.25) is 9.59 Å². The van der Waals surface area contributed by atoms with Crippen molar-refractivity contribution in [1.82, 2.24) is 14.8 Å². The first kappa shape index (κ1) is 17.9. The van der Waals surface area contributed by atoms with Crippen LogP contribution in [-0.2, 0) is 4.79 Å². The van der Waals surface area contributed by atoms with Gasteiger partial charge in [-0.2, -0.15) is 5.26 Å². The molecule has 26 heavy (non-hydrogen) atoms. The van der Waals surface area contributed by atoms with Gasteiger partial charge in [-0.05, 0) is 30.5 Å². The Morgan fingerprint density at radius 2 is 2.15 bits per heavy atom. The first-order valence-corrected chi connectivity index (χ1v) is 8.23. The average molecular weight is 360 g/mol. The number of nitriles is 1. The van der Waals surface area contributed by atoms with E-state index in [4.69, 9.17) is 5.26 Å². The van der Waals surface area contributed by atoms with Crippen LogP contribution < -0.4 is 0 Å². The van der Waals surface area contributed by atoms with E-state index in [9.17, 15) is 18.4 Å². The Balaban J connectivity index is 1.75. The summed E-state index contributed by atoms with van der Waals surface area (Å²) in [6.45, 7) is 2.25. The van der Waals surface area contributed by atoms with Crippen molar-refractivity contribution in [1.29, 1.82) is 5.26 Å². The van der Waals surface area contributed by atoms with Crippen molar-refractivity contribution < 1.29 is 18.4 Å². The minimum Gasteiger partial charge on any atom is -0.350 e. The molecule has 0 spiro atoms. The summed E-state index contributed by atoms with van der Waals surface area (Å²) in [7, 11) is 1.45. The zero-order valence-corrected chi connectivity index (χ0v) is 14.4. The molecule has 1 aromatic heterocycles. The average Bonchev–Trinajstić information content (AvgIpc) is 3.21. The van der Waals surface area contributed by atoms with Crippen LogP contribution in [0.2, 0.25) is 0 Å². The Labute approximate surface area is 149 Å². The van der Waals surface area contributed by atoms with Crippen LogP contribution in [0.1, 0.15) is 23.8 Å². The van der Waals surface area contributed by atoms with Gasteiger partial charge in [-0.1, -0.05) is 6.92 Å². The monoisotopic (exact) mass is 360 g/mol. The summed E-state index contributed by atoms with van der Waals surface area (Å²) < 4.78 is 27.1. The normalized spacial score (nSPS) is 19.6. The van der Waals surface area contributed by atoms with Crippen LogP contribution in [-0.4, -0.2) is 52.8 Å². The number of H-pyrrole nitrogens is 1. The van der Waals surface area contributed by atoms with Gasteiger partial charge < -0.3 is 14.8 Å². The number of amides is 2. The molecule has 1 fully saturated rings. The lowest BCUT2D eigenvalue weighted by Gasteiger charge is -2.23. The number of likely N-dealkylation sites (N-methyl/N-ethyl adjacent to an activating group) is 1. The maximum atomic E-state index is 13.8. The summed E-state index contributed by atoms with van der Waals surface area (Å²) in [5.41, 5.74) is 0.358. The number of benzene rings is 1. The number of nitrogens with one attached hydrogen (secondary N) is 1. The minimum absolute atomic E-state index is 0.0222. The van der Waals surface area contributed by atoms with Gasteiger partial charge >= 0.3 is 0 Å². The van der Waals surface area contributed by atoms with E-state index >= 15 is 0 Å². The maximum absolute atomic E-state index is 13.8. The summed E-state index contributed by atoms with van der Waals surface area (Å²) in [6.07, 6.45) is 0.618. The third kappa shape index (κ3) is 3.12. The predicted octanol–water partition coefficient (Wildman–Crippen LogP) is 2.28. The van der Waals surface area contributed by atoms with E-state index in [-0.39, 0.29) is 29.4 Å². The van der Waals surface area contributed by atoms with E-state index in [0.717, 1.165) is 6.07 Å². The molecule has 2 aromatic rings. The second-order valence-electron chi connectivity index (χ2n) is 6.70. The van der Waals surface area contributed by atoms with Crippen molar-refractivity contribution in [3.63, 3.8) is 0 Å². The number of hydrogen-bond acceptors (Lipinski definition) is 3. The molecule has 1 aliphatic rings. The number of aromatic amines is 1. The number of hydrogen-bond donors (Lipinski definition) is 1. The lowest BCUT2D eigenvalue weighted by Crippen LogP contribution is -2.43. The summed E-state index contributed by atoms with van der Waals surface area (Å²) in [4.78, 5) is 30.4. The Morgan fingerprint density at radius 3 is 2.85 bits per heavy atom. The van der Waals surface area contributed by atoms with E-state index in [2.05, 4.69) is 11.1 Å².